The molecule has 0 aliphatic heterocycles. The molecule has 1 N–H and O–H groups in total. The van der Waals surface area contributed by atoms with Crippen molar-refractivity contribution < 1.29 is 13.6 Å². The van der Waals surface area contributed by atoms with E-state index in [-0.39, 0.29) is 18.0 Å². The van der Waals surface area contributed by atoms with Crippen molar-refractivity contribution in [3.63, 3.8) is 0 Å². The molecule has 0 atom stereocenters. The highest BCUT2D eigenvalue weighted by Crippen LogP contribution is 2.42. The van der Waals surface area contributed by atoms with Gasteiger partial charge < -0.3 is 9.88 Å². The SMILES string of the molecule is Cn1cnnc1CNC(=O)C1(c2ccc(F)cc2F)CCCC1. The average molecular weight is 320 g/mol. The van der Waals surface area contributed by atoms with Gasteiger partial charge in [-0.2, -0.15) is 0 Å². The van der Waals surface area contributed by atoms with Crippen molar-refractivity contribution in [2.24, 2.45) is 7.05 Å². The second kappa shape index (κ2) is 6.06. The van der Waals surface area contributed by atoms with Crippen molar-refractivity contribution in [3.8, 4) is 0 Å². The minimum absolute atomic E-state index is 0.222. The molecule has 1 aliphatic rings. The Kier molecular flexibility index (Phi) is 4.11. The first kappa shape index (κ1) is 15.6. The molecule has 0 bridgehead atoms. The molecule has 0 radical (unpaired) electrons. The molecule has 1 saturated carbocycles. The number of benzene rings is 1. The van der Waals surface area contributed by atoms with Gasteiger partial charge in [0, 0.05) is 18.7 Å². The van der Waals surface area contributed by atoms with E-state index < -0.39 is 17.0 Å². The molecule has 1 fully saturated rings. The molecule has 1 aromatic heterocycles. The van der Waals surface area contributed by atoms with Crippen molar-refractivity contribution in [3.05, 3.63) is 47.5 Å². The summed E-state index contributed by atoms with van der Waals surface area (Å²) in [6.45, 7) is 0.222. The molecule has 122 valence electrons. The summed E-state index contributed by atoms with van der Waals surface area (Å²) in [6.07, 6.45) is 4.34. The van der Waals surface area contributed by atoms with E-state index in [1.165, 1.54) is 12.1 Å². The highest BCUT2D eigenvalue weighted by atomic mass is 19.1. The van der Waals surface area contributed by atoms with Crippen molar-refractivity contribution in [2.45, 2.75) is 37.6 Å². The van der Waals surface area contributed by atoms with Gasteiger partial charge in [-0.25, -0.2) is 8.78 Å². The fourth-order valence-electron chi connectivity index (χ4n) is 3.27. The summed E-state index contributed by atoms with van der Waals surface area (Å²) in [5.41, 5.74) is -0.664. The topological polar surface area (TPSA) is 59.8 Å². The van der Waals surface area contributed by atoms with Crippen LogP contribution in [0.15, 0.2) is 24.5 Å². The average Bonchev–Trinajstić information content (AvgIpc) is 3.15. The lowest BCUT2D eigenvalue weighted by Crippen LogP contribution is -2.43. The summed E-state index contributed by atoms with van der Waals surface area (Å²) in [4.78, 5) is 12.8. The van der Waals surface area contributed by atoms with E-state index in [9.17, 15) is 13.6 Å². The minimum atomic E-state index is -0.934. The maximum Gasteiger partial charge on any atom is 0.231 e. The Morgan fingerprint density at radius 3 is 2.70 bits per heavy atom. The highest BCUT2D eigenvalue weighted by molar-refractivity contribution is 5.88. The highest BCUT2D eigenvalue weighted by Gasteiger charge is 2.44. The van der Waals surface area contributed by atoms with Crippen LogP contribution in [0.2, 0.25) is 0 Å². The second-order valence-corrected chi connectivity index (χ2v) is 5.95. The number of amides is 1. The van der Waals surface area contributed by atoms with E-state index >= 15 is 0 Å². The third kappa shape index (κ3) is 2.83. The van der Waals surface area contributed by atoms with Gasteiger partial charge in [-0.05, 0) is 18.9 Å². The molecule has 2 aromatic rings. The van der Waals surface area contributed by atoms with Gasteiger partial charge in [-0.1, -0.05) is 18.9 Å². The number of hydrogen-bond donors (Lipinski definition) is 1. The number of nitrogens with one attached hydrogen (secondary N) is 1. The quantitative estimate of drug-likeness (QED) is 0.940. The maximum atomic E-state index is 14.2. The Morgan fingerprint density at radius 2 is 2.09 bits per heavy atom. The maximum absolute atomic E-state index is 14.2. The molecule has 23 heavy (non-hydrogen) atoms. The number of hydrogen-bond acceptors (Lipinski definition) is 3. The van der Waals surface area contributed by atoms with Crippen LogP contribution in [-0.4, -0.2) is 20.7 Å². The van der Waals surface area contributed by atoms with E-state index in [0.717, 1.165) is 18.9 Å². The van der Waals surface area contributed by atoms with E-state index in [2.05, 4.69) is 15.5 Å². The van der Waals surface area contributed by atoms with Crippen molar-refractivity contribution in [2.75, 3.05) is 0 Å². The van der Waals surface area contributed by atoms with Crippen LogP contribution < -0.4 is 5.32 Å². The molecule has 1 amide bonds. The van der Waals surface area contributed by atoms with Crippen LogP contribution in [0.5, 0.6) is 0 Å². The zero-order chi connectivity index (χ0) is 16.4. The molecule has 1 aliphatic carbocycles. The van der Waals surface area contributed by atoms with Crippen LogP contribution in [0.25, 0.3) is 0 Å². The van der Waals surface area contributed by atoms with Gasteiger partial charge in [0.25, 0.3) is 0 Å². The second-order valence-electron chi connectivity index (χ2n) is 5.95. The number of carbonyl (C=O) groups is 1. The van der Waals surface area contributed by atoms with Crippen molar-refractivity contribution >= 4 is 5.91 Å². The van der Waals surface area contributed by atoms with Crippen LogP contribution in [0, 0.1) is 11.6 Å². The van der Waals surface area contributed by atoms with Gasteiger partial charge >= 0.3 is 0 Å². The van der Waals surface area contributed by atoms with Crippen LogP contribution in [0.4, 0.5) is 8.78 Å². The molecule has 1 heterocycles. The third-order valence-electron chi connectivity index (χ3n) is 4.55. The van der Waals surface area contributed by atoms with Crippen molar-refractivity contribution in [1.82, 2.24) is 20.1 Å². The van der Waals surface area contributed by atoms with E-state index in [1.807, 2.05) is 0 Å². The Morgan fingerprint density at radius 1 is 1.35 bits per heavy atom. The molecule has 7 heteroatoms. The van der Waals surface area contributed by atoms with Crippen molar-refractivity contribution in [1.29, 1.82) is 0 Å². The normalized spacial score (nSPS) is 16.5. The summed E-state index contributed by atoms with van der Waals surface area (Å²) >= 11 is 0. The predicted octanol–water partition coefficient (Wildman–Crippen LogP) is 2.22. The lowest BCUT2D eigenvalue weighted by atomic mass is 9.77. The fraction of sp³-hybridized carbons (Fsp3) is 0.438. The van der Waals surface area contributed by atoms with Crippen LogP contribution in [0.1, 0.15) is 37.1 Å². The lowest BCUT2D eigenvalue weighted by Gasteiger charge is -2.28. The number of aromatic nitrogens is 3. The molecule has 3 rings (SSSR count). The Balaban J connectivity index is 1.85. The summed E-state index contributed by atoms with van der Waals surface area (Å²) < 4.78 is 29.1. The van der Waals surface area contributed by atoms with E-state index in [1.54, 1.807) is 17.9 Å². The summed E-state index contributed by atoms with van der Waals surface area (Å²) in [5.74, 6) is -0.936. The third-order valence-corrected chi connectivity index (χ3v) is 4.55. The number of nitrogens with zero attached hydrogens (tertiary/aromatic N) is 3. The van der Waals surface area contributed by atoms with Gasteiger partial charge in [0.05, 0.1) is 12.0 Å². The largest absolute Gasteiger partial charge is 0.348 e. The molecule has 0 unspecified atom stereocenters. The van der Waals surface area contributed by atoms with Gasteiger partial charge in [0.2, 0.25) is 5.91 Å². The Hall–Kier alpha value is -2.31. The zero-order valence-corrected chi connectivity index (χ0v) is 12.9. The Labute approximate surface area is 132 Å². The first-order chi connectivity index (χ1) is 11.0. The smallest absolute Gasteiger partial charge is 0.231 e. The molecule has 0 saturated heterocycles. The van der Waals surface area contributed by atoms with Crippen LogP contribution >= 0.6 is 0 Å². The lowest BCUT2D eigenvalue weighted by molar-refractivity contribution is -0.127. The van der Waals surface area contributed by atoms with Crippen LogP contribution in [0.3, 0.4) is 0 Å². The first-order valence-electron chi connectivity index (χ1n) is 7.60. The van der Waals surface area contributed by atoms with E-state index in [0.29, 0.717) is 18.7 Å². The molecule has 0 spiro atoms. The molecular formula is C16H18F2N4O. The van der Waals surface area contributed by atoms with Gasteiger partial charge in [0.15, 0.2) is 5.82 Å². The van der Waals surface area contributed by atoms with Gasteiger partial charge in [0.1, 0.15) is 18.0 Å². The zero-order valence-electron chi connectivity index (χ0n) is 12.9. The standard InChI is InChI=1S/C16H18F2N4O/c1-22-10-20-21-14(22)9-19-15(23)16(6-2-3-7-16)12-5-4-11(17)8-13(12)18/h4-5,8,10H,2-3,6-7,9H2,1H3,(H,19,23). The first-order valence-corrected chi connectivity index (χ1v) is 7.60. The summed E-state index contributed by atoms with van der Waals surface area (Å²) in [7, 11) is 1.78. The molecule has 5 nitrogen and oxygen atoms in total. The molecular weight excluding hydrogens is 302 g/mol. The number of halogens is 2. The summed E-state index contributed by atoms with van der Waals surface area (Å²) in [6, 6.07) is 3.43. The van der Waals surface area contributed by atoms with Gasteiger partial charge in [-0.3, -0.25) is 4.79 Å². The fourth-order valence-corrected chi connectivity index (χ4v) is 3.27. The number of aryl methyl sites for hydroxylation is 1. The van der Waals surface area contributed by atoms with E-state index in [4.69, 9.17) is 0 Å². The van der Waals surface area contributed by atoms with Crippen LogP contribution in [-0.2, 0) is 23.8 Å². The number of rotatable bonds is 4. The minimum Gasteiger partial charge on any atom is -0.348 e. The Bertz CT molecular complexity index is 723. The molecule has 1 aromatic carbocycles. The number of carbonyl (C=O) groups excluding carboxylic acids is 1. The summed E-state index contributed by atoms with van der Waals surface area (Å²) in [5, 5.41) is 10.5. The predicted molar refractivity (Wildman–Crippen MR) is 79.4 cm³/mol. The monoisotopic (exact) mass is 320 g/mol. The van der Waals surface area contributed by atoms with Gasteiger partial charge in [-0.15, -0.1) is 10.2 Å².